The first-order valence-corrected chi connectivity index (χ1v) is 6.71. The molecule has 0 aliphatic rings. The maximum absolute atomic E-state index is 12.0. The number of para-hydroxylation sites is 2. The quantitative estimate of drug-likeness (QED) is 0.712. The molecule has 120 valence electrons. The normalized spacial score (nSPS) is 9.91. The minimum atomic E-state index is -1.71. The predicted molar refractivity (Wildman–Crippen MR) is 85.5 cm³/mol. The summed E-state index contributed by atoms with van der Waals surface area (Å²) in [7, 11) is 1.19. The Morgan fingerprint density at radius 2 is 1.70 bits per heavy atom. The van der Waals surface area contributed by atoms with Crippen LogP contribution in [-0.2, 0) is 0 Å². The molecule has 0 aromatic heterocycles. The molecule has 0 heterocycles. The molecule has 0 atom stereocenters. The van der Waals surface area contributed by atoms with Crippen molar-refractivity contribution < 1.29 is 29.1 Å². The number of amides is 1. The standard InChI is InChI=1S/C15H16BNO6/c1-21-12-8-5-9-13(14(12)22-2)23-15(18)17-11-7-4-3-6-10(11)16(19)20/h3-9,19-20H,1-2H3,(H,17,18). The Bertz CT molecular complexity index is 691. The van der Waals surface area contributed by atoms with Crippen LogP contribution < -0.4 is 25.0 Å². The Hall–Kier alpha value is -2.71. The molecule has 0 spiro atoms. The second-order valence-electron chi connectivity index (χ2n) is 4.47. The third-order valence-corrected chi connectivity index (χ3v) is 3.05. The van der Waals surface area contributed by atoms with Crippen LogP contribution in [0.4, 0.5) is 10.5 Å². The maximum Gasteiger partial charge on any atom is 0.490 e. The van der Waals surface area contributed by atoms with Gasteiger partial charge in [0.15, 0.2) is 11.5 Å². The summed E-state index contributed by atoms with van der Waals surface area (Å²) in [5.74, 6) is 0.871. The van der Waals surface area contributed by atoms with E-state index in [1.54, 1.807) is 30.3 Å². The van der Waals surface area contributed by atoms with Crippen LogP contribution in [0.3, 0.4) is 0 Å². The molecule has 23 heavy (non-hydrogen) atoms. The summed E-state index contributed by atoms with van der Waals surface area (Å²) in [6.07, 6.45) is -0.801. The van der Waals surface area contributed by atoms with E-state index in [-0.39, 0.29) is 22.6 Å². The van der Waals surface area contributed by atoms with Crippen molar-refractivity contribution in [2.24, 2.45) is 0 Å². The largest absolute Gasteiger partial charge is 0.493 e. The van der Waals surface area contributed by atoms with E-state index in [0.29, 0.717) is 5.75 Å². The maximum atomic E-state index is 12.0. The van der Waals surface area contributed by atoms with Gasteiger partial charge in [0, 0.05) is 11.2 Å². The van der Waals surface area contributed by atoms with Crippen molar-refractivity contribution in [1.29, 1.82) is 0 Å². The van der Waals surface area contributed by atoms with E-state index in [1.807, 2.05) is 0 Å². The smallest absolute Gasteiger partial charge is 0.490 e. The van der Waals surface area contributed by atoms with Gasteiger partial charge in [0.2, 0.25) is 5.75 Å². The van der Waals surface area contributed by atoms with Crippen molar-refractivity contribution in [3.8, 4) is 17.2 Å². The topological polar surface area (TPSA) is 97.3 Å². The fraction of sp³-hybridized carbons (Fsp3) is 0.133. The van der Waals surface area contributed by atoms with Crippen molar-refractivity contribution in [3.05, 3.63) is 42.5 Å². The van der Waals surface area contributed by atoms with Crippen molar-refractivity contribution >= 4 is 24.4 Å². The lowest BCUT2D eigenvalue weighted by Gasteiger charge is -2.14. The van der Waals surface area contributed by atoms with Gasteiger partial charge >= 0.3 is 13.2 Å². The molecule has 8 heteroatoms. The Balaban J connectivity index is 2.18. The van der Waals surface area contributed by atoms with Gasteiger partial charge in [-0.2, -0.15) is 0 Å². The fourth-order valence-electron chi connectivity index (χ4n) is 2.01. The predicted octanol–water partition coefficient (Wildman–Crippen LogP) is 0.994. The Morgan fingerprint density at radius 1 is 1.00 bits per heavy atom. The number of hydrogen-bond donors (Lipinski definition) is 3. The fourth-order valence-corrected chi connectivity index (χ4v) is 2.01. The van der Waals surface area contributed by atoms with Gasteiger partial charge < -0.3 is 24.3 Å². The number of methoxy groups -OCH3 is 2. The molecule has 0 aliphatic carbocycles. The highest BCUT2D eigenvalue weighted by atomic mass is 16.6. The van der Waals surface area contributed by atoms with E-state index >= 15 is 0 Å². The summed E-state index contributed by atoms with van der Waals surface area (Å²) in [5.41, 5.74) is 0.386. The highest BCUT2D eigenvalue weighted by molar-refractivity contribution is 6.60. The monoisotopic (exact) mass is 317 g/mol. The van der Waals surface area contributed by atoms with Crippen molar-refractivity contribution in [2.45, 2.75) is 0 Å². The zero-order valence-electron chi connectivity index (χ0n) is 12.6. The third-order valence-electron chi connectivity index (χ3n) is 3.05. The Labute approximate surface area is 133 Å². The summed E-state index contributed by atoms with van der Waals surface area (Å²) >= 11 is 0. The van der Waals surface area contributed by atoms with Gasteiger partial charge in [-0.25, -0.2) is 4.79 Å². The number of ether oxygens (including phenoxy) is 3. The molecular formula is C15H16BNO6. The van der Waals surface area contributed by atoms with E-state index in [0.717, 1.165) is 0 Å². The van der Waals surface area contributed by atoms with Gasteiger partial charge in [0.1, 0.15) is 0 Å². The molecule has 2 rings (SSSR count). The number of carbonyl (C=O) groups excluding carboxylic acids is 1. The van der Waals surface area contributed by atoms with Gasteiger partial charge in [-0.3, -0.25) is 5.32 Å². The first-order chi connectivity index (χ1) is 11.1. The van der Waals surface area contributed by atoms with E-state index in [9.17, 15) is 14.8 Å². The van der Waals surface area contributed by atoms with Crippen LogP contribution in [0.25, 0.3) is 0 Å². The molecule has 7 nitrogen and oxygen atoms in total. The summed E-state index contributed by atoms with van der Waals surface area (Å²) < 4.78 is 15.5. The highest BCUT2D eigenvalue weighted by Gasteiger charge is 2.19. The molecule has 0 aliphatic heterocycles. The molecular weight excluding hydrogens is 301 g/mol. The number of anilines is 1. The van der Waals surface area contributed by atoms with Crippen LogP contribution in [0.5, 0.6) is 17.2 Å². The first kappa shape index (κ1) is 16.7. The van der Waals surface area contributed by atoms with Gasteiger partial charge in [0.05, 0.1) is 14.2 Å². The molecule has 1 amide bonds. The lowest BCUT2D eigenvalue weighted by Crippen LogP contribution is -2.34. The molecule has 0 saturated carbocycles. The van der Waals surface area contributed by atoms with E-state index < -0.39 is 13.2 Å². The third kappa shape index (κ3) is 3.94. The minimum Gasteiger partial charge on any atom is -0.493 e. The lowest BCUT2D eigenvalue weighted by atomic mass is 9.79. The molecule has 0 fully saturated rings. The molecule has 0 saturated heterocycles. The van der Waals surface area contributed by atoms with E-state index in [4.69, 9.17) is 14.2 Å². The van der Waals surface area contributed by atoms with Crippen LogP contribution in [0.1, 0.15) is 0 Å². The second kappa shape index (κ2) is 7.53. The van der Waals surface area contributed by atoms with Crippen molar-refractivity contribution in [1.82, 2.24) is 0 Å². The van der Waals surface area contributed by atoms with E-state index in [2.05, 4.69) is 5.32 Å². The zero-order valence-corrected chi connectivity index (χ0v) is 12.6. The average Bonchev–Trinajstić information content (AvgIpc) is 2.54. The van der Waals surface area contributed by atoms with Crippen LogP contribution in [0.2, 0.25) is 0 Å². The Kier molecular flexibility index (Phi) is 5.45. The minimum absolute atomic E-state index is 0.155. The molecule has 0 radical (unpaired) electrons. The van der Waals surface area contributed by atoms with Crippen molar-refractivity contribution in [2.75, 3.05) is 19.5 Å². The van der Waals surface area contributed by atoms with E-state index in [1.165, 1.54) is 26.4 Å². The zero-order chi connectivity index (χ0) is 16.8. The number of carbonyl (C=O) groups is 1. The second-order valence-corrected chi connectivity index (χ2v) is 4.47. The highest BCUT2D eigenvalue weighted by Crippen LogP contribution is 2.36. The van der Waals surface area contributed by atoms with Gasteiger partial charge in [-0.05, 0) is 18.2 Å². The molecule has 0 bridgehead atoms. The van der Waals surface area contributed by atoms with Crippen LogP contribution >= 0.6 is 0 Å². The molecule has 0 unspecified atom stereocenters. The van der Waals surface area contributed by atoms with Crippen LogP contribution in [0.15, 0.2) is 42.5 Å². The summed E-state index contributed by atoms with van der Waals surface area (Å²) in [6.45, 7) is 0. The van der Waals surface area contributed by atoms with Crippen LogP contribution in [0, 0.1) is 0 Å². The average molecular weight is 317 g/mol. The SMILES string of the molecule is COc1cccc(OC(=O)Nc2ccccc2B(O)O)c1OC. The number of nitrogens with one attached hydrogen (secondary N) is 1. The summed E-state index contributed by atoms with van der Waals surface area (Å²) in [5, 5.41) is 21.0. The van der Waals surface area contributed by atoms with Gasteiger partial charge in [0.25, 0.3) is 0 Å². The summed E-state index contributed by atoms with van der Waals surface area (Å²) in [4.78, 5) is 12.0. The molecule has 2 aromatic rings. The molecule has 2 aromatic carbocycles. The number of rotatable bonds is 5. The number of benzene rings is 2. The lowest BCUT2D eigenvalue weighted by molar-refractivity contribution is 0.212. The number of hydrogen-bond acceptors (Lipinski definition) is 6. The van der Waals surface area contributed by atoms with Crippen LogP contribution in [-0.4, -0.2) is 37.5 Å². The van der Waals surface area contributed by atoms with Gasteiger partial charge in [-0.15, -0.1) is 0 Å². The first-order valence-electron chi connectivity index (χ1n) is 6.71. The molecule has 3 N–H and O–H groups in total. The Morgan fingerprint density at radius 3 is 2.35 bits per heavy atom. The summed E-state index contributed by atoms with van der Waals surface area (Å²) in [6, 6.07) is 11.1. The van der Waals surface area contributed by atoms with Gasteiger partial charge in [-0.1, -0.05) is 24.3 Å². The van der Waals surface area contributed by atoms with Crippen molar-refractivity contribution in [3.63, 3.8) is 0 Å².